The zero-order valence-electron chi connectivity index (χ0n) is 9.11. The highest BCUT2D eigenvalue weighted by atomic mass is 16.1. The lowest BCUT2D eigenvalue weighted by atomic mass is 10.0. The van der Waals surface area contributed by atoms with Crippen LogP contribution in [0.3, 0.4) is 0 Å². The molecule has 0 radical (unpaired) electrons. The molecular formula is C14H18O. The number of benzene rings is 1. The topological polar surface area (TPSA) is 17.1 Å². The number of unbranched alkanes of at least 4 members (excludes halogenated alkanes) is 1. The molecule has 0 atom stereocenters. The first-order valence-electron chi connectivity index (χ1n) is 5.93. The molecule has 1 aliphatic carbocycles. The Kier molecular flexibility index (Phi) is 3.54. The summed E-state index contributed by atoms with van der Waals surface area (Å²) in [7, 11) is 0. The average molecular weight is 202 g/mol. The van der Waals surface area contributed by atoms with E-state index in [1.54, 1.807) is 0 Å². The van der Waals surface area contributed by atoms with Crippen molar-refractivity contribution >= 4 is 5.78 Å². The van der Waals surface area contributed by atoms with Crippen molar-refractivity contribution in [3.63, 3.8) is 0 Å². The van der Waals surface area contributed by atoms with Crippen LogP contribution in [0.1, 0.15) is 37.7 Å². The van der Waals surface area contributed by atoms with Crippen molar-refractivity contribution in [2.75, 3.05) is 0 Å². The summed E-state index contributed by atoms with van der Waals surface area (Å²) in [6.45, 7) is 0. The smallest absolute Gasteiger partial charge is 0.135 e. The summed E-state index contributed by atoms with van der Waals surface area (Å²) < 4.78 is 0. The second-order valence-corrected chi connectivity index (χ2v) is 4.43. The van der Waals surface area contributed by atoms with E-state index in [0.717, 1.165) is 38.5 Å². The van der Waals surface area contributed by atoms with Crippen LogP contribution in [-0.2, 0) is 11.2 Å². The van der Waals surface area contributed by atoms with E-state index in [4.69, 9.17) is 0 Å². The molecule has 0 amide bonds. The summed E-state index contributed by atoms with van der Waals surface area (Å²) in [6, 6.07) is 10.5. The quantitative estimate of drug-likeness (QED) is 0.646. The Morgan fingerprint density at radius 3 is 2.53 bits per heavy atom. The molecule has 0 unspecified atom stereocenters. The van der Waals surface area contributed by atoms with Gasteiger partial charge in [-0.3, -0.25) is 4.79 Å². The van der Waals surface area contributed by atoms with Crippen LogP contribution in [0.2, 0.25) is 0 Å². The third-order valence-corrected chi connectivity index (χ3v) is 3.01. The lowest BCUT2D eigenvalue weighted by molar-refractivity contribution is -0.120. The van der Waals surface area contributed by atoms with Gasteiger partial charge in [-0.2, -0.15) is 0 Å². The van der Waals surface area contributed by atoms with E-state index in [2.05, 4.69) is 24.3 Å². The minimum Gasteiger partial charge on any atom is -0.299 e. The summed E-state index contributed by atoms with van der Waals surface area (Å²) in [5.74, 6) is 0.949. The maximum absolute atomic E-state index is 11.4. The predicted octanol–water partition coefficient (Wildman–Crippen LogP) is 3.38. The van der Waals surface area contributed by atoms with Crippen LogP contribution in [0, 0.1) is 5.92 Å². The van der Waals surface area contributed by atoms with Crippen molar-refractivity contribution in [2.45, 2.75) is 38.5 Å². The van der Waals surface area contributed by atoms with Gasteiger partial charge in [-0.15, -0.1) is 0 Å². The molecule has 0 spiro atoms. The van der Waals surface area contributed by atoms with Crippen molar-refractivity contribution < 1.29 is 4.79 Å². The van der Waals surface area contributed by atoms with Gasteiger partial charge < -0.3 is 0 Å². The minimum absolute atomic E-state index is 0.446. The molecule has 0 aliphatic heterocycles. The monoisotopic (exact) mass is 202 g/mol. The van der Waals surface area contributed by atoms with Crippen molar-refractivity contribution in [1.82, 2.24) is 0 Å². The summed E-state index contributed by atoms with van der Waals surface area (Å²) in [5.41, 5.74) is 1.39. The third kappa shape index (κ3) is 3.50. The van der Waals surface area contributed by atoms with E-state index in [1.807, 2.05) is 6.07 Å². The molecule has 2 rings (SSSR count). The number of aryl methyl sites for hydroxylation is 1. The van der Waals surface area contributed by atoms with Crippen LogP contribution in [-0.4, -0.2) is 5.78 Å². The van der Waals surface area contributed by atoms with E-state index in [0.29, 0.717) is 11.7 Å². The van der Waals surface area contributed by atoms with Crippen LogP contribution in [0.5, 0.6) is 0 Å². The second-order valence-electron chi connectivity index (χ2n) is 4.43. The van der Waals surface area contributed by atoms with Gasteiger partial charge >= 0.3 is 0 Å². The van der Waals surface area contributed by atoms with Gasteiger partial charge in [0.25, 0.3) is 0 Å². The molecule has 1 fully saturated rings. The minimum atomic E-state index is 0.446. The molecule has 80 valence electrons. The van der Waals surface area contributed by atoms with Crippen molar-refractivity contribution in [2.24, 2.45) is 5.92 Å². The molecule has 0 bridgehead atoms. The summed E-state index contributed by atoms with van der Waals surface area (Å²) in [6.07, 6.45) is 6.41. The SMILES string of the molecule is O=C(CCCCc1ccccc1)C1CC1. The zero-order chi connectivity index (χ0) is 10.5. The van der Waals surface area contributed by atoms with Gasteiger partial charge in [0.05, 0.1) is 0 Å². The highest BCUT2D eigenvalue weighted by Crippen LogP contribution is 2.31. The molecule has 0 saturated heterocycles. The van der Waals surface area contributed by atoms with Crippen LogP contribution in [0.4, 0.5) is 0 Å². The number of rotatable bonds is 6. The van der Waals surface area contributed by atoms with E-state index in [9.17, 15) is 4.79 Å². The standard InChI is InChI=1S/C14H18O/c15-14(13-10-11-13)9-5-4-8-12-6-2-1-3-7-12/h1-3,6-7,13H,4-5,8-11H2. The van der Waals surface area contributed by atoms with E-state index < -0.39 is 0 Å². The second kappa shape index (κ2) is 5.11. The molecule has 1 nitrogen and oxygen atoms in total. The Bertz CT molecular complexity index is 311. The Hall–Kier alpha value is -1.11. The Morgan fingerprint density at radius 2 is 1.87 bits per heavy atom. The molecule has 1 aliphatic rings. The van der Waals surface area contributed by atoms with Crippen LogP contribution in [0.25, 0.3) is 0 Å². The highest BCUT2D eigenvalue weighted by Gasteiger charge is 2.28. The summed E-state index contributed by atoms with van der Waals surface area (Å²) in [4.78, 5) is 11.4. The summed E-state index contributed by atoms with van der Waals surface area (Å²) in [5, 5.41) is 0. The maximum Gasteiger partial charge on any atom is 0.135 e. The van der Waals surface area contributed by atoms with Gasteiger partial charge in [-0.25, -0.2) is 0 Å². The molecular weight excluding hydrogens is 184 g/mol. The molecule has 0 N–H and O–H groups in total. The van der Waals surface area contributed by atoms with Gasteiger partial charge in [-0.05, 0) is 37.7 Å². The number of carbonyl (C=O) groups excluding carboxylic acids is 1. The van der Waals surface area contributed by atoms with Crippen LogP contribution in [0.15, 0.2) is 30.3 Å². The maximum atomic E-state index is 11.4. The van der Waals surface area contributed by atoms with Crippen molar-refractivity contribution in [3.8, 4) is 0 Å². The van der Waals surface area contributed by atoms with Crippen LogP contribution < -0.4 is 0 Å². The van der Waals surface area contributed by atoms with Gasteiger partial charge in [0, 0.05) is 12.3 Å². The van der Waals surface area contributed by atoms with Crippen molar-refractivity contribution in [3.05, 3.63) is 35.9 Å². The normalized spacial score (nSPS) is 15.2. The molecule has 1 heteroatoms. The molecule has 15 heavy (non-hydrogen) atoms. The Morgan fingerprint density at radius 1 is 1.13 bits per heavy atom. The first-order valence-corrected chi connectivity index (χ1v) is 5.93. The molecule has 0 aromatic heterocycles. The molecule has 1 aromatic carbocycles. The van der Waals surface area contributed by atoms with Gasteiger partial charge in [-0.1, -0.05) is 30.3 Å². The molecule has 1 saturated carbocycles. The lowest BCUT2D eigenvalue weighted by Gasteiger charge is -2.00. The zero-order valence-corrected chi connectivity index (χ0v) is 9.11. The number of Topliss-reactive ketones (excluding diaryl/α,β-unsaturated/α-hetero) is 1. The van der Waals surface area contributed by atoms with Gasteiger partial charge in [0.1, 0.15) is 5.78 Å². The lowest BCUT2D eigenvalue weighted by Crippen LogP contribution is -1.99. The molecule has 1 aromatic rings. The van der Waals surface area contributed by atoms with E-state index >= 15 is 0 Å². The molecule has 0 heterocycles. The number of ketones is 1. The number of carbonyl (C=O) groups is 1. The van der Waals surface area contributed by atoms with Crippen LogP contribution >= 0.6 is 0 Å². The Balaban J connectivity index is 1.60. The predicted molar refractivity (Wildman–Crippen MR) is 61.7 cm³/mol. The fraction of sp³-hybridized carbons (Fsp3) is 0.500. The average Bonchev–Trinajstić information content (AvgIpc) is 3.09. The first-order chi connectivity index (χ1) is 7.36. The van der Waals surface area contributed by atoms with Gasteiger partial charge in [0.2, 0.25) is 0 Å². The highest BCUT2D eigenvalue weighted by molar-refractivity contribution is 5.83. The fourth-order valence-electron chi connectivity index (χ4n) is 1.88. The van der Waals surface area contributed by atoms with Crippen molar-refractivity contribution in [1.29, 1.82) is 0 Å². The van der Waals surface area contributed by atoms with E-state index in [1.165, 1.54) is 5.56 Å². The van der Waals surface area contributed by atoms with Gasteiger partial charge in [0.15, 0.2) is 0 Å². The number of hydrogen-bond donors (Lipinski definition) is 0. The largest absolute Gasteiger partial charge is 0.299 e. The first kappa shape index (κ1) is 10.4. The Labute approximate surface area is 91.5 Å². The number of hydrogen-bond acceptors (Lipinski definition) is 1. The summed E-state index contributed by atoms with van der Waals surface area (Å²) >= 11 is 0. The fourth-order valence-corrected chi connectivity index (χ4v) is 1.88. The third-order valence-electron chi connectivity index (χ3n) is 3.01. The van der Waals surface area contributed by atoms with E-state index in [-0.39, 0.29) is 0 Å².